The van der Waals surface area contributed by atoms with E-state index >= 15 is 0 Å². The Morgan fingerprint density at radius 2 is 1.69 bits per heavy atom. The van der Waals surface area contributed by atoms with Crippen LogP contribution in [0, 0.1) is 20.2 Å². The fourth-order valence-corrected chi connectivity index (χ4v) is 3.18. The maximum atomic E-state index is 11.9. The minimum absolute atomic E-state index is 0.192. The summed E-state index contributed by atoms with van der Waals surface area (Å²) in [4.78, 5) is 65.8. The van der Waals surface area contributed by atoms with Gasteiger partial charge >= 0.3 is 17.6 Å². The van der Waals surface area contributed by atoms with Gasteiger partial charge in [0.25, 0.3) is 0 Å². The van der Waals surface area contributed by atoms with Crippen molar-refractivity contribution in [1.29, 1.82) is 0 Å². The zero-order valence-electron chi connectivity index (χ0n) is 14.9. The minimum atomic E-state index is -2.42. The number of aliphatic carboxylic acids is 2. The van der Waals surface area contributed by atoms with Gasteiger partial charge in [0.05, 0.1) is 5.75 Å². The molecule has 0 bridgehead atoms. The molecule has 162 valence electrons. The number of carbonyl (C=O) groups is 4. The smallest absolute Gasteiger partial charge is 0.480 e. The molecular formula is C13H19N5O10S. The van der Waals surface area contributed by atoms with Crippen LogP contribution in [-0.4, -0.2) is 91.1 Å². The summed E-state index contributed by atoms with van der Waals surface area (Å²) in [7, 11) is 0. The molecule has 15 nitrogen and oxygen atoms in total. The maximum absolute atomic E-state index is 11.9. The Bertz CT molecular complexity index is 694. The number of hydrogen-bond donors (Lipinski definition) is 4. The highest BCUT2D eigenvalue weighted by molar-refractivity contribution is 8.00. The van der Waals surface area contributed by atoms with Gasteiger partial charge in [0.2, 0.25) is 11.8 Å². The van der Waals surface area contributed by atoms with E-state index in [2.05, 4.69) is 5.32 Å². The molecule has 29 heavy (non-hydrogen) atoms. The van der Waals surface area contributed by atoms with Crippen LogP contribution in [0.3, 0.4) is 0 Å². The van der Waals surface area contributed by atoms with E-state index in [1.54, 1.807) is 0 Å². The molecule has 1 rings (SSSR count). The van der Waals surface area contributed by atoms with E-state index in [0.717, 1.165) is 16.7 Å². The fourth-order valence-electron chi connectivity index (χ4n) is 2.25. The highest BCUT2D eigenvalue weighted by Crippen LogP contribution is 2.25. The fraction of sp³-hybridized carbons (Fsp3) is 0.692. The quantitative estimate of drug-likeness (QED) is 0.142. The minimum Gasteiger partial charge on any atom is -0.480 e. The van der Waals surface area contributed by atoms with E-state index in [9.17, 15) is 39.4 Å². The first-order chi connectivity index (χ1) is 13.4. The van der Waals surface area contributed by atoms with Crippen LogP contribution in [0.1, 0.15) is 12.8 Å². The number of nitrogens with zero attached hydrogens (tertiary/aromatic N) is 3. The first kappa shape index (κ1) is 24.0. The molecular weight excluding hydrogens is 418 g/mol. The first-order valence-electron chi connectivity index (χ1n) is 8.05. The number of rotatable bonds is 12. The Kier molecular flexibility index (Phi) is 8.26. The molecule has 0 radical (unpaired) electrons. The van der Waals surface area contributed by atoms with Gasteiger partial charge in [-0.05, 0) is 6.42 Å². The number of amides is 2. The molecule has 5 N–H and O–H groups in total. The van der Waals surface area contributed by atoms with Crippen LogP contribution < -0.4 is 11.1 Å². The van der Waals surface area contributed by atoms with Crippen LogP contribution in [0.25, 0.3) is 0 Å². The van der Waals surface area contributed by atoms with Gasteiger partial charge in [-0.2, -0.15) is 0 Å². The van der Waals surface area contributed by atoms with E-state index in [4.69, 9.17) is 15.9 Å². The summed E-state index contributed by atoms with van der Waals surface area (Å²) >= 11 is 0.818. The van der Waals surface area contributed by atoms with E-state index < -0.39 is 64.4 Å². The third kappa shape index (κ3) is 6.24. The number of thioether (sulfide) groups is 1. The number of nitrogens with one attached hydrogen (secondary N) is 1. The summed E-state index contributed by atoms with van der Waals surface area (Å²) < 4.78 is 0. The van der Waals surface area contributed by atoms with Crippen LogP contribution in [0.5, 0.6) is 0 Å². The number of nitro groups is 2. The van der Waals surface area contributed by atoms with Crippen molar-refractivity contribution in [3.05, 3.63) is 20.2 Å². The Morgan fingerprint density at radius 1 is 1.14 bits per heavy atom. The Hall–Kier alpha value is -3.01. The lowest BCUT2D eigenvalue weighted by molar-refractivity contribution is -0.809. The van der Waals surface area contributed by atoms with Crippen LogP contribution in [-0.2, 0) is 19.2 Å². The molecule has 1 saturated heterocycles. The van der Waals surface area contributed by atoms with E-state index in [0.29, 0.717) is 0 Å². The van der Waals surface area contributed by atoms with Gasteiger partial charge in [0.1, 0.15) is 21.9 Å². The summed E-state index contributed by atoms with van der Waals surface area (Å²) in [5.41, 5.74) is 2.82. The van der Waals surface area contributed by atoms with E-state index in [-0.39, 0.29) is 24.3 Å². The molecule has 0 saturated carbocycles. The second-order valence-electron chi connectivity index (χ2n) is 6.20. The highest BCUT2D eigenvalue weighted by atomic mass is 32.2. The Labute approximate surface area is 166 Å². The number of carboxylic acid groups (broad SMARTS) is 2. The van der Waals surface area contributed by atoms with Crippen molar-refractivity contribution >= 4 is 35.5 Å². The van der Waals surface area contributed by atoms with Gasteiger partial charge in [0.15, 0.2) is 13.1 Å². The second-order valence-corrected chi connectivity index (χ2v) is 7.23. The molecule has 2 atom stereocenters. The van der Waals surface area contributed by atoms with Gasteiger partial charge in [0, 0.05) is 12.2 Å². The summed E-state index contributed by atoms with van der Waals surface area (Å²) in [6.07, 6.45) is -0.499. The van der Waals surface area contributed by atoms with Gasteiger partial charge in [-0.15, -0.1) is 11.8 Å². The lowest BCUT2D eigenvalue weighted by atomic mass is 10.0. The summed E-state index contributed by atoms with van der Waals surface area (Å²) in [5, 5.41) is 41.5. The normalized spacial score (nSPS) is 16.8. The third-order valence-electron chi connectivity index (χ3n) is 4.06. The third-order valence-corrected chi connectivity index (χ3v) is 5.08. The van der Waals surface area contributed by atoms with Crippen molar-refractivity contribution in [2.45, 2.75) is 30.6 Å². The average Bonchev–Trinajstić information content (AvgIpc) is 2.56. The van der Waals surface area contributed by atoms with Gasteiger partial charge < -0.3 is 26.2 Å². The SMILES string of the molecule is NC(CCC(=O)N[C@@H](CSCC(=O)N1CC([N+](=O)[O-])([N+](=O)[O-])C1)C(=O)O)C(=O)O. The van der Waals surface area contributed by atoms with E-state index in [1.165, 1.54) is 0 Å². The van der Waals surface area contributed by atoms with Crippen LogP contribution in [0.4, 0.5) is 0 Å². The molecule has 0 spiro atoms. The molecule has 1 unspecified atom stereocenters. The zero-order valence-corrected chi connectivity index (χ0v) is 15.7. The van der Waals surface area contributed by atoms with Crippen molar-refractivity contribution in [3.8, 4) is 0 Å². The van der Waals surface area contributed by atoms with Crippen LogP contribution in [0.15, 0.2) is 0 Å². The maximum Gasteiger partial charge on any atom is 0.492 e. The average molecular weight is 437 g/mol. The molecule has 0 aromatic rings. The molecule has 1 fully saturated rings. The lowest BCUT2D eigenvalue weighted by Crippen LogP contribution is -2.71. The summed E-state index contributed by atoms with van der Waals surface area (Å²) in [6, 6.07) is -2.63. The first-order valence-corrected chi connectivity index (χ1v) is 9.21. The Balaban J connectivity index is 2.43. The molecule has 0 aliphatic carbocycles. The molecule has 1 heterocycles. The van der Waals surface area contributed by atoms with Crippen molar-refractivity contribution in [2.24, 2.45) is 5.73 Å². The van der Waals surface area contributed by atoms with Gasteiger partial charge in [-0.25, -0.2) is 4.79 Å². The number of carboxylic acids is 2. The molecule has 16 heteroatoms. The van der Waals surface area contributed by atoms with Crippen molar-refractivity contribution in [2.75, 3.05) is 24.6 Å². The largest absolute Gasteiger partial charge is 0.492 e. The summed E-state index contributed by atoms with van der Waals surface area (Å²) in [6.45, 7) is -1.37. The van der Waals surface area contributed by atoms with Crippen molar-refractivity contribution in [1.82, 2.24) is 10.2 Å². The lowest BCUT2D eigenvalue weighted by Gasteiger charge is -2.36. The Morgan fingerprint density at radius 3 is 2.14 bits per heavy atom. The molecule has 0 aromatic heterocycles. The van der Waals surface area contributed by atoms with E-state index in [1.807, 2.05) is 0 Å². The predicted molar refractivity (Wildman–Crippen MR) is 95.0 cm³/mol. The van der Waals surface area contributed by atoms with Crippen molar-refractivity contribution in [3.63, 3.8) is 0 Å². The molecule has 1 aliphatic heterocycles. The number of nitrogens with two attached hydrogens (primary N) is 1. The predicted octanol–water partition coefficient (Wildman–Crippen LogP) is -2.43. The number of carbonyl (C=O) groups excluding carboxylic acids is 2. The molecule has 0 aromatic carbocycles. The van der Waals surface area contributed by atoms with Gasteiger partial charge in [-0.1, -0.05) is 0 Å². The van der Waals surface area contributed by atoms with Gasteiger partial charge in [-0.3, -0.25) is 34.6 Å². The standard InChI is InChI=1S/C13H19N5O10S/c14-7(11(21)22)1-2-9(19)15-8(12(23)24)3-29-4-10(20)16-5-13(6-16,17(25)26)18(27)28/h7-8H,1-6,14H2,(H,15,19)(H,21,22)(H,23,24)/t7?,8-/m0/s1. The van der Waals surface area contributed by atoms with Crippen LogP contribution >= 0.6 is 11.8 Å². The number of hydrogen-bond acceptors (Lipinski definition) is 10. The second kappa shape index (κ2) is 9.97. The zero-order chi connectivity index (χ0) is 22.4. The summed E-state index contributed by atoms with van der Waals surface area (Å²) in [5.74, 6) is -4.57. The monoisotopic (exact) mass is 437 g/mol. The molecule has 2 amide bonds. The number of likely N-dealkylation sites (tertiary alicyclic amines) is 1. The van der Waals surface area contributed by atoms with Crippen molar-refractivity contribution < 1.29 is 39.2 Å². The highest BCUT2D eigenvalue weighted by Gasteiger charge is 2.67. The topological polar surface area (TPSA) is 236 Å². The molecule has 1 aliphatic rings. The van der Waals surface area contributed by atoms with Crippen LogP contribution in [0.2, 0.25) is 0 Å².